The van der Waals surface area contributed by atoms with E-state index in [1.165, 1.54) is 23.9 Å². The van der Waals surface area contributed by atoms with Gasteiger partial charge < -0.3 is 5.32 Å². The molecule has 1 fully saturated rings. The second-order valence-corrected chi connectivity index (χ2v) is 6.56. The summed E-state index contributed by atoms with van der Waals surface area (Å²) in [7, 11) is 0. The van der Waals surface area contributed by atoms with Crippen LogP contribution in [-0.4, -0.2) is 11.1 Å². The molecule has 2 aromatic carbocycles. The van der Waals surface area contributed by atoms with Gasteiger partial charge in [-0.15, -0.1) is 0 Å². The normalized spacial score (nSPS) is 17.8. The quantitative estimate of drug-likeness (QED) is 0.757. The molecule has 0 spiro atoms. The van der Waals surface area contributed by atoms with E-state index in [1.807, 2.05) is 0 Å². The van der Waals surface area contributed by atoms with E-state index in [4.69, 9.17) is 23.2 Å². The minimum absolute atomic E-state index is 0.258. The Morgan fingerprint density at radius 3 is 2.39 bits per heavy atom. The van der Waals surface area contributed by atoms with Crippen molar-refractivity contribution in [3.63, 3.8) is 0 Å². The molecule has 23 heavy (non-hydrogen) atoms. The van der Waals surface area contributed by atoms with Crippen LogP contribution in [0.2, 0.25) is 10.0 Å². The molecular weight excluding hydrogens is 358 g/mol. The summed E-state index contributed by atoms with van der Waals surface area (Å²) in [5.74, 6) is -0.582. The highest BCUT2D eigenvalue weighted by molar-refractivity contribution is 8.18. The molecule has 116 valence electrons. The van der Waals surface area contributed by atoms with Gasteiger partial charge in [0.15, 0.2) is 5.17 Å². The Balaban J connectivity index is 1.84. The number of carbonyl (C=O) groups excluding carboxylic acids is 1. The van der Waals surface area contributed by atoms with E-state index in [1.54, 1.807) is 36.4 Å². The minimum atomic E-state index is -0.323. The Morgan fingerprint density at radius 1 is 1.09 bits per heavy atom. The van der Waals surface area contributed by atoms with Crippen molar-refractivity contribution in [1.82, 2.24) is 5.32 Å². The predicted molar refractivity (Wildman–Crippen MR) is 93.7 cm³/mol. The third-order valence-electron chi connectivity index (χ3n) is 2.90. The van der Waals surface area contributed by atoms with Crippen LogP contribution in [0.15, 0.2) is 52.4 Å². The molecule has 1 N–H and O–H groups in total. The Labute approximate surface area is 146 Å². The van der Waals surface area contributed by atoms with Gasteiger partial charge in [0, 0.05) is 10.0 Å². The first-order valence-electron chi connectivity index (χ1n) is 6.51. The average molecular weight is 367 g/mol. The molecule has 0 aromatic heterocycles. The molecule has 1 aliphatic rings. The molecule has 1 saturated heterocycles. The largest absolute Gasteiger partial charge is 0.300 e. The van der Waals surface area contributed by atoms with Crippen molar-refractivity contribution in [1.29, 1.82) is 0 Å². The van der Waals surface area contributed by atoms with Crippen LogP contribution in [-0.2, 0) is 4.79 Å². The van der Waals surface area contributed by atoms with Crippen LogP contribution >= 0.6 is 35.0 Å². The fraction of sp³-hybridized carbons (Fsp3) is 0. The molecule has 2 aromatic rings. The van der Waals surface area contributed by atoms with E-state index < -0.39 is 0 Å². The zero-order chi connectivity index (χ0) is 16.4. The number of nitrogens with one attached hydrogen (secondary N) is 1. The first-order valence-corrected chi connectivity index (χ1v) is 8.08. The van der Waals surface area contributed by atoms with Crippen molar-refractivity contribution in [2.75, 3.05) is 0 Å². The Bertz CT molecular complexity index is 814. The SMILES string of the molecule is O=C1NC(=Nc2cc(Cl)cc(Cl)c2)S/C1=C/c1ccc(F)cc1. The van der Waals surface area contributed by atoms with Crippen molar-refractivity contribution in [2.45, 2.75) is 0 Å². The van der Waals surface area contributed by atoms with Crippen LogP contribution in [0.25, 0.3) is 6.08 Å². The van der Waals surface area contributed by atoms with Gasteiger partial charge in [0.05, 0.1) is 10.6 Å². The topological polar surface area (TPSA) is 41.5 Å². The highest BCUT2D eigenvalue weighted by Gasteiger charge is 2.23. The van der Waals surface area contributed by atoms with E-state index in [-0.39, 0.29) is 11.7 Å². The van der Waals surface area contributed by atoms with Gasteiger partial charge in [-0.1, -0.05) is 35.3 Å². The number of nitrogens with zero attached hydrogens (tertiary/aromatic N) is 1. The minimum Gasteiger partial charge on any atom is -0.300 e. The van der Waals surface area contributed by atoms with E-state index >= 15 is 0 Å². The third-order valence-corrected chi connectivity index (χ3v) is 4.24. The van der Waals surface area contributed by atoms with Gasteiger partial charge in [-0.3, -0.25) is 4.79 Å². The first-order chi connectivity index (χ1) is 11.0. The maximum absolute atomic E-state index is 12.9. The number of thioether (sulfide) groups is 1. The highest BCUT2D eigenvalue weighted by Crippen LogP contribution is 2.30. The summed E-state index contributed by atoms with van der Waals surface area (Å²) in [4.78, 5) is 16.8. The smallest absolute Gasteiger partial charge is 0.264 e. The Kier molecular flexibility index (Phi) is 4.71. The third kappa shape index (κ3) is 4.13. The number of benzene rings is 2. The number of halogens is 3. The van der Waals surface area contributed by atoms with Crippen LogP contribution in [0.5, 0.6) is 0 Å². The van der Waals surface area contributed by atoms with Gasteiger partial charge in [-0.2, -0.15) is 0 Å². The summed E-state index contributed by atoms with van der Waals surface area (Å²) in [6, 6.07) is 10.8. The number of amides is 1. The van der Waals surface area contributed by atoms with Gasteiger partial charge in [0.25, 0.3) is 5.91 Å². The Hall–Kier alpha value is -1.82. The molecule has 0 saturated carbocycles. The lowest BCUT2D eigenvalue weighted by molar-refractivity contribution is -0.115. The molecular formula is C16H9Cl2FN2OS. The van der Waals surface area contributed by atoms with Crippen LogP contribution in [0, 0.1) is 5.82 Å². The molecule has 1 aliphatic heterocycles. The maximum Gasteiger partial charge on any atom is 0.264 e. The summed E-state index contributed by atoms with van der Waals surface area (Å²) in [5, 5.41) is 4.03. The van der Waals surface area contributed by atoms with Crippen molar-refractivity contribution in [3.05, 3.63) is 68.8 Å². The zero-order valence-electron chi connectivity index (χ0n) is 11.5. The number of rotatable bonds is 2. The lowest BCUT2D eigenvalue weighted by Gasteiger charge is -1.98. The summed E-state index contributed by atoms with van der Waals surface area (Å²) < 4.78 is 12.9. The zero-order valence-corrected chi connectivity index (χ0v) is 13.8. The van der Waals surface area contributed by atoms with Gasteiger partial charge in [-0.25, -0.2) is 9.38 Å². The number of hydrogen-bond acceptors (Lipinski definition) is 3. The van der Waals surface area contributed by atoms with E-state index in [2.05, 4.69) is 10.3 Å². The molecule has 3 nitrogen and oxygen atoms in total. The number of aliphatic imine (C=N–C) groups is 1. The second-order valence-electron chi connectivity index (χ2n) is 4.66. The van der Waals surface area contributed by atoms with Gasteiger partial charge in [-0.05, 0) is 53.7 Å². The summed E-state index contributed by atoms with van der Waals surface area (Å²) >= 11 is 13.0. The van der Waals surface area contributed by atoms with E-state index in [0.717, 1.165) is 5.56 Å². The summed E-state index contributed by atoms with van der Waals surface area (Å²) in [6.07, 6.45) is 1.67. The van der Waals surface area contributed by atoms with Crippen LogP contribution in [0.1, 0.15) is 5.56 Å². The number of amidine groups is 1. The lowest BCUT2D eigenvalue weighted by atomic mass is 10.2. The standard InChI is InChI=1S/C16H9Cl2FN2OS/c17-10-6-11(18)8-13(7-10)20-16-21-15(22)14(23-16)5-9-1-3-12(19)4-2-9/h1-8H,(H,20,21,22)/b14-5+. The molecule has 3 rings (SSSR count). The Morgan fingerprint density at radius 2 is 1.74 bits per heavy atom. The summed E-state index contributed by atoms with van der Waals surface area (Å²) in [5.41, 5.74) is 1.28. The molecule has 0 aliphatic carbocycles. The van der Waals surface area contributed by atoms with E-state index in [0.29, 0.717) is 25.8 Å². The molecule has 0 radical (unpaired) electrons. The molecule has 1 amide bonds. The van der Waals surface area contributed by atoms with E-state index in [9.17, 15) is 9.18 Å². The predicted octanol–water partition coefficient (Wildman–Crippen LogP) is 5.02. The number of carbonyl (C=O) groups is 1. The van der Waals surface area contributed by atoms with Gasteiger partial charge in [0.2, 0.25) is 0 Å². The fourth-order valence-electron chi connectivity index (χ4n) is 1.91. The van der Waals surface area contributed by atoms with Crippen molar-refractivity contribution >= 4 is 57.8 Å². The average Bonchev–Trinajstić information content (AvgIpc) is 2.80. The van der Waals surface area contributed by atoms with Crippen molar-refractivity contribution < 1.29 is 9.18 Å². The van der Waals surface area contributed by atoms with Crippen LogP contribution in [0.4, 0.5) is 10.1 Å². The van der Waals surface area contributed by atoms with Crippen molar-refractivity contribution in [2.24, 2.45) is 4.99 Å². The first kappa shape index (κ1) is 16.1. The fourth-order valence-corrected chi connectivity index (χ4v) is 3.27. The molecule has 0 bridgehead atoms. The molecule has 0 unspecified atom stereocenters. The van der Waals surface area contributed by atoms with Gasteiger partial charge in [0.1, 0.15) is 5.82 Å². The van der Waals surface area contributed by atoms with Crippen LogP contribution in [0.3, 0.4) is 0 Å². The maximum atomic E-state index is 12.9. The second kappa shape index (κ2) is 6.74. The molecule has 0 atom stereocenters. The number of hydrogen-bond donors (Lipinski definition) is 1. The summed E-state index contributed by atoms with van der Waals surface area (Å²) in [6.45, 7) is 0. The molecule has 1 heterocycles. The highest BCUT2D eigenvalue weighted by atomic mass is 35.5. The molecule has 7 heteroatoms. The lowest BCUT2D eigenvalue weighted by Crippen LogP contribution is -2.19. The monoisotopic (exact) mass is 366 g/mol. The van der Waals surface area contributed by atoms with Crippen molar-refractivity contribution in [3.8, 4) is 0 Å². The van der Waals surface area contributed by atoms with Crippen LogP contribution < -0.4 is 5.32 Å². The van der Waals surface area contributed by atoms with Gasteiger partial charge >= 0.3 is 0 Å².